The van der Waals surface area contributed by atoms with Crippen LogP contribution in [0.5, 0.6) is 0 Å². The molecule has 0 aromatic heterocycles. The third-order valence-electron chi connectivity index (χ3n) is 3.05. The second-order valence-corrected chi connectivity index (χ2v) is 5.02. The molecular weight excluding hydrogens is 212 g/mol. The molecule has 1 N–H and O–H groups in total. The van der Waals surface area contributed by atoms with Gasteiger partial charge in [0.05, 0.1) is 5.54 Å². The van der Waals surface area contributed by atoms with Gasteiger partial charge in [0.25, 0.3) is 0 Å². The Morgan fingerprint density at radius 3 is 2.29 bits per heavy atom. The highest BCUT2D eigenvalue weighted by Crippen LogP contribution is 2.10. The van der Waals surface area contributed by atoms with Crippen molar-refractivity contribution < 1.29 is 4.79 Å². The van der Waals surface area contributed by atoms with Crippen LogP contribution >= 0.6 is 0 Å². The van der Waals surface area contributed by atoms with Gasteiger partial charge in [-0.05, 0) is 33.4 Å². The van der Waals surface area contributed by atoms with Gasteiger partial charge in [0.2, 0.25) is 5.91 Å². The van der Waals surface area contributed by atoms with Crippen LogP contribution < -0.4 is 5.32 Å². The van der Waals surface area contributed by atoms with Crippen LogP contribution in [0.25, 0.3) is 0 Å². The molecule has 0 bridgehead atoms. The molecule has 0 aliphatic carbocycles. The Labute approximate surface area is 104 Å². The average Bonchev–Trinajstić information content (AvgIpc) is 2.31. The second-order valence-electron chi connectivity index (χ2n) is 5.02. The molecule has 3 heteroatoms. The Kier molecular flexibility index (Phi) is 4.29. The SMILES string of the molecule is CNC(C)(C)C(=O)N(C)Cc1ccc(C)cc1. The maximum Gasteiger partial charge on any atom is 0.242 e. The molecule has 0 unspecified atom stereocenters. The maximum atomic E-state index is 12.1. The predicted molar refractivity (Wildman–Crippen MR) is 70.8 cm³/mol. The molecule has 17 heavy (non-hydrogen) atoms. The first kappa shape index (κ1) is 13.7. The number of aryl methyl sites for hydroxylation is 1. The molecule has 3 nitrogen and oxygen atoms in total. The van der Waals surface area contributed by atoms with E-state index in [0.29, 0.717) is 6.54 Å². The molecule has 1 aromatic carbocycles. The Morgan fingerprint density at radius 2 is 1.82 bits per heavy atom. The van der Waals surface area contributed by atoms with Crippen LogP contribution in [0.15, 0.2) is 24.3 Å². The van der Waals surface area contributed by atoms with Gasteiger partial charge in [-0.25, -0.2) is 0 Å². The molecule has 0 saturated heterocycles. The van der Waals surface area contributed by atoms with Gasteiger partial charge >= 0.3 is 0 Å². The zero-order valence-electron chi connectivity index (χ0n) is 11.4. The van der Waals surface area contributed by atoms with Crippen molar-refractivity contribution in [3.8, 4) is 0 Å². The first-order chi connectivity index (χ1) is 7.86. The third kappa shape index (κ3) is 3.56. The predicted octanol–water partition coefficient (Wildman–Crippen LogP) is 1.95. The highest BCUT2D eigenvalue weighted by atomic mass is 16.2. The van der Waals surface area contributed by atoms with E-state index in [0.717, 1.165) is 5.56 Å². The fourth-order valence-electron chi connectivity index (χ4n) is 1.62. The van der Waals surface area contributed by atoms with Crippen LogP contribution in [-0.2, 0) is 11.3 Å². The molecule has 94 valence electrons. The van der Waals surface area contributed by atoms with Crippen LogP contribution in [0.4, 0.5) is 0 Å². The lowest BCUT2D eigenvalue weighted by atomic mass is 10.0. The number of carbonyl (C=O) groups excluding carboxylic acids is 1. The van der Waals surface area contributed by atoms with Crippen molar-refractivity contribution in [1.29, 1.82) is 0 Å². The summed E-state index contributed by atoms with van der Waals surface area (Å²) in [5, 5.41) is 3.03. The van der Waals surface area contributed by atoms with Gasteiger partial charge in [-0.3, -0.25) is 4.79 Å². The molecule has 0 aliphatic heterocycles. The van der Waals surface area contributed by atoms with E-state index in [1.165, 1.54) is 5.56 Å². The Hall–Kier alpha value is -1.35. The van der Waals surface area contributed by atoms with E-state index < -0.39 is 5.54 Å². The molecule has 0 radical (unpaired) electrons. The standard InChI is InChI=1S/C14H22N2O/c1-11-6-8-12(9-7-11)10-16(5)13(17)14(2,3)15-4/h6-9,15H,10H2,1-5H3. The molecule has 0 aliphatic rings. The van der Waals surface area contributed by atoms with Crippen molar-refractivity contribution in [2.75, 3.05) is 14.1 Å². The highest BCUT2D eigenvalue weighted by molar-refractivity contribution is 5.85. The average molecular weight is 234 g/mol. The number of rotatable bonds is 4. The van der Waals surface area contributed by atoms with Crippen LogP contribution in [0, 0.1) is 6.92 Å². The number of amides is 1. The number of nitrogens with zero attached hydrogens (tertiary/aromatic N) is 1. The lowest BCUT2D eigenvalue weighted by Crippen LogP contribution is -2.51. The molecular formula is C14H22N2O. The van der Waals surface area contributed by atoms with Crippen molar-refractivity contribution >= 4 is 5.91 Å². The molecule has 1 amide bonds. The summed E-state index contributed by atoms with van der Waals surface area (Å²) in [4.78, 5) is 13.9. The van der Waals surface area contributed by atoms with E-state index in [1.54, 1.807) is 11.9 Å². The molecule has 0 atom stereocenters. The van der Waals surface area contributed by atoms with Crippen LogP contribution in [0.2, 0.25) is 0 Å². The fourth-order valence-corrected chi connectivity index (χ4v) is 1.62. The summed E-state index contributed by atoms with van der Waals surface area (Å²) in [5.41, 5.74) is 1.87. The minimum Gasteiger partial charge on any atom is -0.340 e. The monoisotopic (exact) mass is 234 g/mol. The van der Waals surface area contributed by atoms with Gasteiger partial charge in [-0.15, -0.1) is 0 Å². The van der Waals surface area contributed by atoms with E-state index in [1.807, 2.05) is 20.9 Å². The van der Waals surface area contributed by atoms with Crippen molar-refractivity contribution in [3.05, 3.63) is 35.4 Å². The van der Waals surface area contributed by atoms with E-state index in [2.05, 4.69) is 36.5 Å². The van der Waals surface area contributed by atoms with Crippen molar-refractivity contribution in [2.24, 2.45) is 0 Å². The first-order valence-electron chi connectivity index (χ1n) is 5.87. The van der Waals surface area contributed by atoms with Crippen LogP contribution in [0.1, 0.15) is 25.0 Å². The summed E-state index contributed by atoms with van der Waals surface area (Å²) in [6, 6.07) is 8.25. The van der Waals surface area contributed by atoms with Crippen LogP contribution in [-0.4, -0.2) is 30.4 Å². The van der Waals surface area contributed by atoms with E-state index >= 15 is 0 Å². The normalized spacial score (nSPS) is 11.4. The maximum absolute atomic E-state index is 12.1. The molecule has 0 saturated carbocycles. The summed E-state index contributed by atoms with van der Waals surface area (Å²) in [7, 11) is 3.64. The summed E-state index contributed by atoms with van der Waals surface area (Å²) in [6.45, 7) is 6.48. The van der Waals surface area contributed by atoms with Gasteiger partial charge in [0.15, 0.2) is 0 Å². The van der Waals surface area contributed by atoms with E-state index in [-0.39, 0.29) is 5.91 Å². The molecule has 1 rings (SSSR count). The quantitative estimate of drug-likeness (QED) is 0.863. The fraction of sp³-hybridized carbons (Fsp3) is 0.500. The highest BCUT2D eigenvalue weighted by Gasteiger charge is 2.28. The smallest absolute Gasteiger partial charge is 0.242 e. The number of hydrogen-bond acceptors (Lipinski definition) is 2. The number of benzene rings is 1. The van der Waals surface area contributed by atoms with Gasteiger partial charge in [-0.2, -0.15) is 0 Å². The second kappa shape index (κ2) is 5.32. The Bertz CT molecular complexity index is 382. The first-order valence-corrected chi connectivity index (χ1v) is 5.87. The minimum atomic E-state index is -0.514. The summed E-state index contributed by atoms with van der Waals surface area (Å²) < 4.78 is 0. The van der Waals surface area contributed by atoms with E-state index in [9.17, 15) is 4.79 Å². The van der Waals surface area contributed by atoms with Gasteiger partial charge < -0.3 is 10.2 Å². The molecule has 1 aromatic rings. The van der Waals surface area contributed by atoms with Gasteiger partial charge in [-0.1, -0.05) is 29.8 Å². The summed E-state index contributed by atoms with van der Waals surface area (Å²) >= 11 is 0. The lowest BCUT2D eigenvalue weighted by Gasteiger charge is -2.29. The minimum absolute atomic E-state index is 0.0978. The van der Waals surface area contributed by atoms with Gasteiger partial charge in [0, 0.05) is 13.6 Å². The number of hydrogen-bond donors (Lipinski definition) is 1. The molecule has 0 heterocycles. The van der Waals surface area contributed by atoms with Crippen molar-refractivity contribution in [3.63, 3.8) is 0 Å². The Balaban J connectivity index is 2.69. The Morgan fingerprint density at radius 1 is 1.29 bits per heavy atom. The molecule has 0 spiro atoms. The van der Waals surface area contributed by atoms with Crippen molar-refractivity contribution in [1.82, 2.24) is 10.2 Å². The summed E-state index contributed by atoms with van der Waals surface area (Å²) in [6.07, 6.45) is 0. The number of carbonyl (C=O) groups is 1. The zero-order valence-corrected chi connectivity index (χ0v) is 11.4. The van der Waals surface area contributed by atoms with Gasteiger partial charge in [0.1, 0.15) is 0 Å². The van der Waals surface area contributed by atoms with E-state index in [4.69, 9.17) is 0 Å². The summed E-state index contributed by atoms with van der Waals surface area (Å²) in [5.74, 6) is 0.0978. The third-order valence-corrected chi connectivity index (χ3v) is 3.05. The molecule has 0 fully saturated rings. The van der Waals surface area contributed by atoms with Crippen LogP contribution in [0.3, 0.4) is 0 Å². The largest absolute Gasteiger partial charge is 0.340 e. The number of nitrogens with one attached hydrogen (secondary N) is 1. The lowest BCUT2D eigenvalue weighted by molar-refractivity contribution is -0.136. The number of likely N-dealkylation sites (N-methyl/N-ethyl adjacent to an activating group) is 2. The topological polar surface area (TPSA) is 32.3 Å². The van der Waals surface area contributed by atoms with Crippen molar-refractivity contribution in [2.45, 2.75) is 32.9 Å². The zero-order chi connectivity index (χ0) is 13.1.